The first-order valence-electron chi connectivity index (χ1n) is 9.35. The number of hydrogen-bond donors (Lipinski definition) is 1. The number of H-pyrrole nitrogens is 1. The van der Waals surface area contributed by atoms with Crippen LogP contribution in [-0.4, -0.2) is 41.5 Å². The highest BCUT2D eigenvalue weighted by Gasteiger charge is 2.51. The standard InChI is InChI=1S/C19H13ClF7N3O2S/c20-15-14-13(11-4-1-2-6-28-11)9(18(22,23)24)8-10(21)16(14)29-17(15)33(31,32)30-7-3-5-12(30)19(25,26)27/h1-2,4,6,8,12,29H,3,5,7H2/t12-/m1/s1. The van der Waals surface area contributed by atoms with E-state index in [9.17, 15) is 39.2 Å². The molecule has 0 unspecified atom stereocenters. The maximum Gasteiger partial charge on any atom is 0.417 e. The monoisotopic (exact) mass is 515 g/mol. The van der Waals surface area contributed by atoms with Crippen LogP contribution in [0.2, 0.25) is 5.02 Å². The zero-order chi connectivity index (χ0) is 24.3. The minimum atomic E-state index is -5.07. The van der Waals surface area contributed by atoms with Crippen LogP contribution in [0.1, 0.15) is 18.4 Å². The summed E-state index contributed by atoms with van der Waals surface area (Å²) >= 11 is 6.15. The average molecular weight is 516 g/mol. The molecule has 0 amide bonds. The van der Waals surface area contributed by atoms with Crippen molar-refractivity contribution in [3.63, 3.8) is 0 Å². The van der Waals surface area contributed by atoms with Crippen molar-refractivity contribution in [2.45, 2.75) is 36.3 Å². The molecule has 1 aliphatic heterocycles. The topological polar surface area (TPSA) is 66.1 Å². The lowest BCUT2D eigenvalue weighted by Gasteiger charge is -2.25. The van der Waals surface area contributed by atoms with E-state index < -0.39 is 79.3 Å². The van der Waals surface area contributed by atoms with E-state index in [0.717, 1.165) is 0 Å². The normalized spacial score (nSPS) is 18.4. The molecule has 1 N–H and O–H groups in total. The summed E-state index contributed by atoms with van der Waals surface area (Å²) in [7, 11) is -4.97. The molecule has 1 atom stereocenters. The van der Waals surface area contributed by atoms with Gasteiger partial charge < -0.3 is 4.98 Å². The molecule has 1 aliphatic rings. The maximum absolute atomic E-state index is 14.7. The Morgan fingerprint density at radius 3 is 2.42 bits per heavy atom. The smallest absolute Gasteiger partial charge is 0.341 e. The van der Waals surface area contributed by atoms with Crippen LogP contribution < -0.4 is 0 Å². The first-order valence-corrected chi connectivity index (χ1v) is 11.2. The second-order valence-electron chi connectivity index (χ2n) is 7.33. The Morgan fingerprint density at radius 1 is 1.15 bits per heavy atom. The summed E-state index contributed by atoms with van der Waals surface area (Å²) in [6.07, 6.45) is -9.37. The number of hydrogen-bond acceptors (Lipinski definition) is 3. The summed E-state index contributed by atoms with van der Waals surface area (Å²) in [5, 5.41) is -2.53. The molecule has 1 saturated heterocycles. The highest BCUT2D eigenvalue weighted by molar-refractivity contribution is 7.89. The van der Waals surface area contributed by atoms with Crippen molar-refractivity contribution in [2.75, 3.05) is 6.54 Å². The Labute approximate surface area is 187 Å². The molecule has 1 aromatic carbocycles. The Bertz CT molecular complexity index is 1320. The first-order chi connectivity index (χ1) is 15.2. The largest absolute Gasteiger partial charge is 0.417 e. The lowest BCUT2D eigenvalue weighted by Crippen LogP contribution is -2.44. The Balaban J connectivity index is 2.03. The number of aromatic amines is 1. The molecule has 0 aliphatic carbocycles. The van der Waals surface area contributed by atoms with E-state index in [1.807, 2.05) is 0 Å². The van der Waals surface area contributed by atoms with Crippen molar-refractivity contribution in [2.24, 2.45) is 0 Å². The number of alkyl halides is 6. The van der Waals surface area contributed by atoms with Crippen LogP contribution in [0.25, 0.3) is 22.2 Å². The number of nitrogens with zero attached hydrogens (tertiary/aromatic N) is 2. The predicted molar refractivity (Wildman–Crippen MR) is 104 cm³/mol. The summed E-state index contributed by atoms with van der Waals surface area (Å²) in [6.45, 7) is -0.485. The molecule has 14 heteroatoms. The third kappa shape index (κ3) is 3.95. The third-order valence-corrected chi connectivity index (χ3v) is 7.68. The highest BCUT2D eigenvalue weighted by Crippen LogP contribution is 2.46. The summed E-state index contributed by atoms with van der Waals surface area (Å²) < 4.78 is 122. The van der Waals surface area contributed by atoms with Gasteiger partial charge in [0.15, 0.2) is 5.03 Å². The predicted octanol–water partition coefficient (Wildman–Crippen LogP) is 5.76. The molecular weight excluding hydrogens is 503 g/mol. The van der Waals surface area contributed by atoms with Gasteiger partial charge in [-0.05, 0) is 31.0 Å². The van der Waals surface area contributed by atoms with E-state index in [1.165, 1.54) is 24.4 Å². The van der Waals surface area contributed by atoms with E-state index in [1.54, 1.807) is 0 Å². The van der Waals surface area contributed by atoms with Crippen LogP contribution in [0.3, 0.4) is 0 Å². The van der Waals surface area contributed by atoms with Gasteiger partial charge in [-0.1, -0.05) is 17.7 Å². The highest BCUT2D eigenvalue weighted by atomic mass is 35.5. The molecule has 2 aromatic heterocycles. The van der Waals surface area contributed by atoms with E-state index in [4.69, 9.17) is 11.6 Å². The molecule has 0 radical (unpaired) electrons. The van der Waals surface area contributed by atoms with E-state index in [-0.39, 0.29) is 22.5 Å². The second-order valence-corrected chi connectivity index (χ2v) is 9.53. The van der Waals surface area contributed by atoms with E-state index in [0.29, 0.717) is 0 Å². The maximum atomic E-state index is 14.7. The first kappa shape index (κ1) is 23.8. The van der Waals surface area contributed by atoms with Gasteiger partial charge in [-0.25, -0.2) is 12.8 Å². The van der Waals surface area contributed by atoms with Gasteiger partial charge in [-0.3, -0.25) is 4.98 Å². The number of halogens is 8. The van der Waals surface area contributed by atoms with Crippen LogP contribution in [0, 0.1) is 5.82 Å². The lowest BCUT2D eigenvalue weighted by molar-refractivity contribution is -0.165. The molecule has 5 nitrogen and oxygen atoms in total. The molecular formula is C19H13ClF7N3O2S. The Morgan fingerprint density at radius 2 is 1.85 bits per heavy atom. The number of aromatic nitrogens is 2. The van der Waals surface area contributed by atoms with Crippen molar-refractivity contribution >= 4 is 32.5 Å². The van der Waals surface area contributed by atoms with Crippen LogP contribution in [0.15, 0.2) is 35.5 Å². The Hall–Kier alpha value is -2.38. The molecule has 33 heavy (non-hydrogen) atoms. The van der Waals surface area contributed by atoms with Crippen LogP contribution in [-0.2, 0) is 16.2 Å². The second kappa shape index (κ2) is 7.84. The number of sulfonamides is 1. The van der Waals surface area contributed by atoms with Gasteiger partial charge in [0.25, 0.3) is 10.0 Å². The van der Waals surface area contributed by atoms with Gasteiger partial charge in [0.05, 0.1) is 21.8 Å². The number of pyridine rings is 1. The molecule has 0 saturated carbocycles. The quantitative estimate of drug-likeness (QED) is 0.451. The van der Waals surface area contributed by atoms with E-state index >= 15 is 0 Å². The molecule has 3 heterocycles. The van der Waals surface area contributed by atoms with Crippen molar-refractivity contribution < 1.29 is 39.2 Å². The van der Waals surface area contributed by atoms with Crippen molar-refractivity contribution in [1.29, 1.82) is 0 Å². The summed E-state index contributed by atoms with van der Waals surface area (Å²) in [5.41, 5.74) is -3.15. The number of rotatable bonds is 3. The third-order valence-electron chi connectivity index (χ3n) is 5.31. The average Bonchev–Trinajstić information content (AvgIpc) is 3.34. The number of benzene rings is 1. The molecule has 0 bridgehead atoms. The van der Waals surface area contributed by atoms with E-state index in [2.05, 4.69) is 9.97 Å². The van der Waals surface area contributed by atoms with Gasteiger partial charge in [-0.2, -0.15) is 30.6 Å². The Kier molecular flexibility index (Phi) is 5.65. The summed E-state index contributed by atoms with van der Waals surface area (Å²) in [5.74, 6) is -1.48. The summed E-state index contributed by atoms with van der Waals surface area (Å²) in [4.78, 5) is 5.94. The van der Waals surface area contributed by atoms with Gasteiger partial charge in [0.2, 0.25) is 0 Å². The van der Waals surface area contributed by atoms with Crippen molar-refractivity contribution in [1.82, 2.24) is 14.3 Å². The number of fused-ring (bicyclic) bond motifs is 1. The van der Waals surface area contributed by atoms with Gasteiger partial charge >= 0.3 is 12.4 Å². The van der Waals surface area contributed by atoms with Crippen LogP contribution >= 0.6 is 11.6 Å². The molecule has 4 rings (SSSR count). The lowest BCUT2D eigenvalue weighted by atomic mass is 9.98. The van der Waals surface area contributed by atoms with Crippen LogP contribution in [0.5, 0.6) is 0 Å². The number of nitrogens with one attached hydrogen (secondary N) is 1. The fourth-order valence-corrected chi connectivity index (χ4v) is 6.18. The zero-order valence-electron chi connectivity index (χ0n) is 16.2. The van der Waals surface area contributed by atoms with Gasteiger partial charge in [0, 0.05) is 23.7 Å². The summed E-state index contributed by atoms with van der Waals surface area (Å²) in [6, 6.07) is 1.77. The van der Waals surface area contributed by atoms with Crippen molar-refractivity contribution in [3.8, 4) is 11.3 Å². The fourth-order valence-electron chi connectivity index (χ4n) is 3.92. The minimum Gasteiger partial charge on any atom is -0.341 e. The van der Waals surface area contributed by atoms with Crippen molar-refractivity contribution in [3.05, 3.63) is 46.9 Å². The molecule has 178 valence electrons. The molecule has 0 spiro atoms. The zero-order valence-corrected chi connectivity index (χ0v) is 17.8. The fraction of sp³-hybridized carbons (Fsp3) is 0.316. The van der Waals surface area contributed by atoms with Crippen LogP contribution in [0.4, 0.5) is 30.7 Å². The van der Waals surface area contributed by atoms with Gasteiger partial charge in [0.1, 0.15) is 11.9 Å². The minimum absolute atomic E-state index is 0.0903. The molecule has 1 fully saturated rings. The van der Waals surface area contributed by atoms with Gasteiger partial charge in [-0.15, -0.1) is 0 Å². The molecule has 3 aromatic rings. The SMILES string of the molecule is O=S(=O)(c1[nH]c2c(F)cc(C(F)(F)F)c(-c3ccccn3)c2c1Cl)N1CCC[C@@H]1C(F)(F)F.